The number of piperidine rings is 1. The summed E-state index contributed by atoms with van der Waals surface area (Å²) in [4.78, 5) is 40.6. The van der Waals surface area contributed by atoms with Gasteiger partial charge in [0.05, 0.1) is 23.7 Å². The van der Waals surface area contributed by atoms with Crippen LogP contribution < -0.4 is 0 Å². The Morgan fingerprint density at radius 2 is 1.48 bits per heavy atom. The van der Waals surface area contributed by atoms with Crippen LogP contribution in [0.2, 0.25) is 0 Å². The lowest BCUT2D eigenvalue weighted by Gasteiger charge is -2.40. The van der Waals surface area contributed by atoms with Gasteiger partial charge in [-0.05, 0) is 38.1 Å². The number of rotatable bonds is 4. The number of benzene rings is 2. The standard InChI is InChI=1S/C25H25NO7/c1-25(2)32-19-14-26-17(20(19)33-25)13-18(30-23(28)15-9-5-3-6-10-15)21(22(26)27)31-24(29)16-11-7-4-8-12-16/h3-12,17-21H,13-14H2,1-2H3/t17-,18+,19-,20+,21+/m0/s1. The fraction of sp³-hybridized carbons (Fsp3) is 0.400. The van der Waals surface area contributed by atoms with Gasteiger partial charge in [-0.1, -0.05) is 36.4 Å². The zero-order valence-electron chi connectivity index (χ0n) is 18.4. The molecule has 3 saturated heterocycles. The predicted octanol–water partition coefficient (Wildman–Crippen LogP) is 2.57. The predicted molar refractivity (Wildman–Crippen MR) is 115 cm³/mol. The first-order valence-corrected chi connectivity index (χ1v) is 11.0. The summed E-state index contributed by atoms with van der Waals surface area (Å²) in [6.45, 7) is 3.99. The summed E-state index contributed by atoms with van der Waals surface area (Å²) in [5, 5.41) is 0. The first-order valence-electron chi connectivity index (χ1n) is 11.0. The first-order chi connectivity index (χ1) is 15.8. The lowest BCUT2D eigenvalue weighted by molar-refractivity contribution is -0.181. The van der Waals surface area contributed by atoms with E-state index in [0.29, 0.717) is 17.7 Å². The minimum atomic E-state index is -1.26. The van der Waals surface area contributed by atoms with Crippen LogP contribution in [0.1, 0.15) is 41.0 Å². The fourth-order valence-electron chi connectivity index (χ4n) is 4.81. The molecule has 5 atom stereocenters. The number of carbonyl (C=O) groups excluding carboxylic acids is 3. The van der Waals surface area contributed by atoms with E-state index in [9.17, 15) is 14.4 Å². The third kappa shape index (κ3) is 4.12. The molecule has 3 fully saturated rings. The van der Waals surface area contributed by atoms with Gasteiger partial charge in [-0.2, -0.15) is 0 Å². The molecule has 172 valence electrons. The summed E-state index contributed by atoms with van der Waals surface area (Å²) < 4.78 is 23.4. The lowest BCUT2D eigenvalue weighted by Crippen LogP contribution is -2.58. The van der Waals surface area contributed by atoms with Crippen molar-refractivity contribution in [2.45, 2.75) is 56.5 Å². The Balaban J connectivity index is 1.41. The maximum atomic E-state index is 13.4. The number of nitrogens with zero attached hydrogens (tertiary/aromatic N) is 1. The maximum Gasteiger partial charge on any atom is 0.339 e. The highest BCUT2D eigenvalue weighted by molar-refractivity contribution is 5.94. The Kier molecular flexibility index (Phi) is 5.42. The SMILES string of the molecule is CC1(C)O[C@H]2[C@H](CN3C(=O)[C@H](OC(=O)c4ccccc4)[C@H](OC(=O)c4ccccc4)C[C@@H]23)O1. The molecule has 3 heterocycles. The third-order valence-electron chi connectivity index (χ3n) is 6.23. The van der Waals surface area contributed by atoms with Gasteiger partial charge < -0.3 is 23.8 Å². The van der Waals surface area contributed by atoms with Gasteiger partial charge in [-0.25, -0.2) is 9.59 Å². The number of fused-ring (bicyclic) bond motifs is 3. The summed E-state index contributed by atoms with van der Waals surface area (Å²) in [5.74, 6) is -2.40. The van der Waals surface area contributed by atoms with E-state index in [2.05, 4.69) is 0 Å². The molecule has 3 aliphatic heterocycles. The van der Waals surface area contributed by atoms with Crippen LogP contribution in [0.15, 0.2) is 60.7 Å². The highest BCUT2D eigenvalue weighted by Crippen LogP contribution is 2.41. The minimum absolute atomic E-state index is 0.275. The lowest BCUT2D eigenvalue weighted by atomic mass is 9.94. The normalized spacial score (nSPS) is 29.8. The summed E-state index contributed by atoms with van der Waals surface area (Å²) in [6, 6.07) is 16.6. The fourth-order valence-corrected chi connectivity index (χ4v) is 4.81. The molecule has 2 aromatic rings. The highest BCUT2D eigenvalue weighted by Gasteiger charge is 2.59. The van der Waals surface area contributed by atoms with Gasteiger partial charge in [0.2, 0.25) is 6.10 Å². The molecule has 2 aromatic carbocycles. The van der Waals surface area contributed by atoms with Gasteiger partial charge in [0.15, 0.2) is 11.9 Å². The van der Waals surface area contributed by atoms with E-state index in [1.165, 1.54) is 0 Å². The summed E-state index contributed by atoms with van der Waals surface area (Å²) in [7, 11) is 0. The molecule has 0 bridgehead atoms. The van der Waals surface area contributed by atoms with E-state index in [1.807, 2.05) is 13.8 Å². The van der Waals surface area contributed by atoms with E-state index >= 15 is 0 Å². The quantitative estimate of drug-likeness (QED) is 0.660. The minimum Gasteiger partial charge on any atom is -0.454 e. The van der Waals surface area contributed by atoms with Crippen molar-refractivity contribution in [3.8, 4) is 0 Å². The number of amides is 1. The van der Waals surface area contributed by atoms with Gasteiger partial charge in [-0.3, -0.25) is 4.79 Å². The molecule has 1 amide bonds. The summed E-state index contributed by atoms with van der Waals surface area (Å²) in [6.07, 6.45) is -2.56. The van der Waals surface area contributed by atoms with Crippen molar-refractivity contribution in [3.63, 3.8) is 0 Å². The Morgan fingerprint density at radius 1 is 0.909 bits per heavy atom. The van der Waals surface area contributed by atoms with Crippen LogP contribution in [0.25, 0.3) is 0 Å². The topological polar surface area (TPSA) is 91.4 Å². The Labute approximate surface area is 191 Å². The van der Waals surface area contributed by atoms with Crippen LogP contribution in [-0.2, 0) is 23.7 Å². The van der Waals surface area contributed by atoms with E-state index in [-0.39, 0.29) is 24.7 Å². The monoisotopic (exact) mass is 451 g/mol. The van der Waals surface area contributed by atoms with Crippen molar-refractivity contribution >= 4 is 17.8 Å². The number of hydrogen-bond acceptors (Lipinski definition) is 7. The largest absolute Gasteiger partial charge is 0.454 e. The Hall–Kier alpha value is -3.23. The van der Waals surface area contributed by atoms with Crippen LogP contribution in [-0.4, -0.2) is 65.5 Å². The molecule has 0 spiro atoms. The van der Waals surface area contributed by atoms with E-state index in [0.717, 1.165) is 0 Å². The molecule has 0 aliphatic carbocycles. The average Bonchev–Trinajstić information content (AvgIpc) is 3.29. The van der Waals surface area contributed by atoms with Crippen molar-refractivity contribution in [1.82, 2.24) is 4.90 Å². The summed E-state index contributed by atoms with van der Waals surface area (Å²) in [5.41, 5.74) is 0.665. The first kappa shape index (κ1) is 21.6. The van der Waals surface area contributed by atoms with Gasteiger partial charge in [0.1, 0.15) is 12.2 Å². The average molecular weight is 451 g/mol. The van der Waals surface area contributed by atoms with Gasteiger partial charge in [0.25, 0.3) is 5.91 Å². The molecule has 5 rings (SSSR count). The van der Waals surface area contributed by atoms with E-state index < -0.39 is 35.8 Å². The van der Waals surface area contributed by atoms with E-state index in [1.54, 1.807) is 65.6 Å². The zero-order valence-corrected chi connectivity index (χ0v) is 18.4. The molecule has 33 heavy (non-hydrogen) atoms. The second-order valence-corrected chi connectivity index (χ2v) is 8.93. The van der Waals surface area contributed by atoms with Crippen LogP contribution >= 0.6 is 0 Å². The van der Waals surface area contributed by atoms with Crippen LogP contribution in [0.5, 0.6) is 0 Å². The molecule has 8 heteroatoms. The smallest absolute Gasteiger partial charge is 0.339 e. The van der Waals surface area contributed by atoms with Crippen molar-refractivity contribution in [1.29, 1.82) is 0 Å². The number of esters is 2. The van der Waals surface area contributed by atoms with Crippen LogP contribution in [0.4, 0.5) is 0 Å². The van der Waals surface area contributed by atoms with E-state index in [4.69, 9.17) is 18.9 Å². The van der Waals surface area contributed by atoms with Gasteiger partial charge in [0, 0.05) is 6.42 Å². The maximum absolute atomic E-state index is 13.4. The van der Waals surface area contributed by atoms with Crippen molar-refractivity contribution < 1.29 is 33.3 Å². The molecule has 0 radical (unpaired) electrons. The van der Waals surface area contributed by atoms with Crippen molar-refractivity contribution in [2.24, 2.45) is 0 Å². The second-order valence-electron chi connectivity index (χ2n) is 8.93. The number of ether oxygens (including phenoxy) is 4. The zero-order chi connectivity index (χ0) is 23.2. The van der Waals surface area contributed by atoms with Gasteiger partial charge >= 0.3 is 11.9 Å². The number of carbonyl (C=O) groups is 3. The molecule has 0 unspecified atom stereocenters. The van der Waals surface area contributed by atoms with Gasteiger partial charge in [-0.15, -0.1) is 0 Å². The van der Waals surface area contributed by atoms with Crippen molar-refractivity contribution in [3.05, 3.63) is 71.8 Å². The van der Waals surface area contributed by atoms with Crippen LogP contribution in [0.3, 0.4) is 0 Å². The molecule has 0 aromatic heterocycles. The molecule has 3 aliphatic rings. The number of hydrogen-bond donors (Lipinski definition) is 0. The molecule has 8 nitrogen and oxygen atoms in total. The van der Waals surface area contributed by atoms with Crippen LogP contribution in [0, 0.1) is 0 Å². The van der Waals surface area contributed by atoms with Crippen molar-refractivity contribution in [2.75, 3.05) is 6.54 Å². The Morgan fingerprint density at radius 3 is 2.09 bits per heavy atom. The third-order valence-corrected chi connectivity index (χ3v) is 6.23. The Bertz CT molecular complexity index is 1050. The molecule has 0 saturated carbocycles. The molecule has 0 N–H and O–H groups in total. The molecular formula is C25H25NO7. The highest BCUT2D eigenvalue weighted by atomic mass is 16.8. The molecular weight excluding hydrogens is 426 g/mol. The summed E-state index contributed by atoms with van der Waals surface area (Å²) >= 11 is 0. The second kappa shape index (κ2) is 8.28.